The molecule has 0 saturated carbocycles. The summed E-state index contributed by atoms with van der Waals surface area (Å²) < 4.78 is 0. The second-order valence-corrected chi connectivity index (χ2v) is 6.02. The molecule has 0 spiro atoms. The van der Waals surface area contributed by atoms with Crippen LogP contribution < -0.4 is 5.73 Å². The first-order valence-electron chi connectivity index (χ1n) is 6.74. The van der Waals surface area contributed by atoms with Crippen molar-refractivity contribution in [3.05, 3.63) is 11.1 Å². The number of carboxylic acid groups (broad SMARTS) is 1. The Hall–Kier alpha value is -1.63. The van der Waals surface area contributed by atoms with E-state index in [2.05, 4.69) is 4.98 Å². The van der Waals surface area contributed by atoms with Gasteiger partial charge in [-0.3, -0.25) is 9.59 Å². The van der Waals surface area contributed by atoms with Gasteiger partial charge in [-0.25, -0.2) is 4.98 Å². The number of carbonyl (C=O) groups is 2. The van der Waals surface area contributed by atoms with Crippen LogP contribution >= 0.6 is 11.3 Å². The molecule has 1 fully saturated rings. The van der Waals surface area contributed by atoms with Gasteiger partial charge in [0, 0.05) is 24.9 Å². The average molecular weight is 297 g/mol. The van der Waals surface area contributed by atoms with Crippen molar-refractivity contribution in [2.75, 3.05) is 18.8 Å². The van der Waals surface area contributed by atoms with Gasteiger partial charge in [-0.15, -0.1) is 11.3 Å². The first kappa shape index (κ1) is 14.8. The molecule has 1 aliphatic heterocycles. The molecule has 2 heterocycles. The number of hydrogen-bond acceptors (Lipinski definition) is 5. The first-order chi connectivity index (χ1) is 9.54. The fourth-order valence-electron chi connectivity index (χ4n) is 2.53. The maximum atomic E-state index is 12.2. The van der Waals surface area contributed by atoms with Crippen LogP contribution in [0.25, 0.3) is 0 Å². The molecule has 1 aromatic rings. The Morgan fingerprint density at radius 3 is 3.00 bits per heavy atom. The number of piperidine rings is 1. The average Bonchev–Trinajstić information content (AvgIpc) is 2.82. The molecule has 1 unspecified atom stereocenters. The standard InChI is InChI=1S/C13H19N3O3S/c14-13-15-10(8-20-13)6-11(17)16-5-1-2-9(7-16)3-4-12(18)19/h8-9H,1-7H2,(H2,14,15)(H,18,19). The summed E-state index contributed by atoms with van der Waals surface area (Å²) >= 11 is 1.34. The molecule has 1 aromatic heterocycles. The molecule has 110 valence electrons. The number of hydrogen-bond donors (Lipinski definition) is 2. The lowest BCUT2D eigenvalue weighted by atomic mass is 9.93. The molecule has 0 aromatic carbocycles. The van der Waals surface area contributed by atoms with Crippen molar-refractivity contribution >= 4 is 28.3 Å². The number of thiazole rings is 1. The van der Waals surface area contributed by atoms with Crippen molar-refractivity contribution in [3.63, 3.8) is 0 Å². The van der Waals surface area contributed by atoms with Crippen LogP contribution in [0, 0.1) is 5.92 Å². The van der Waals surface area contributed by atoms with Crippen molar-refractivity contribution < 1.29 is 14.7 Å². The zero-order valence-corrected chi connectivity index (χ0v) is 12.1. The molecule has 0 radical (unpaired) electrons. The topological polar surface area (TPSA) is 96.5 Å². The SMILES string of the molecule is Nc1nc(CC(=O)N2CCCC(CCC(=O)O)C2)cs1. The second-order valence-electron chi connectivity index (χ2n) is 5.13. The molecule has 20 heavy (non-hydrogen) atoms. The van der Waals surface area contributed by atoms with Gasteiger partial charge >= 0.3 is 5.97 Å². The van der Waals surface area contributed by atoms with E-state index in [1.807, 2.05) is 4.90 Å². The summed E-state index contributed by atoms with van der Waals surface area (Å²) in [6.45, 7) is 1.41. The number of nitrogens with two attached hydrogens (primary N) is 1. The monoisotopic (exact) mass is 297 g/mol. The van der Waals surface area contributed by atoms with Crippen LogP contribution in [0.5, 0.6) is 0 Å². The van der Waals surface area contributed by atoms with Crippen LogP contribution in [0.3, 0.4) is 0 Å². The van der Waals surface area contributed by atoms with Crippen LogP contribution in [-0.2, 0) is 16.0 Å². The maximum absolute atomic E-state index is 12.2. The van der Waals surface area contributed by atoms with Gasteiger partial charge < -0.3 is 15.7 Å². The lowest BCUT2D eigenvalue weighted by Gasteiger charge is -2.32. The molecular formula is C13H19N3O3S. The largest absolute Gasteiger partial charge is 0.481 e. The second kappa shape index (κ2) is 6.69. The summed E-state index contributed by atoms with van der Waals surface area (Å²) in [6, 6.07) is 0. The Morgan fingerprint density at radius 1 is 1.55 bits per heavy atom. The third-order valence-corrected chi connectivity index (χ3v) is 4.26. The molecule has 1 atom stereocenters. The number of aliphatic carboxylic acids is 1. The number of amides is 1. The van der Waals surface area contributed by atoms with Gasteiger partial charge in [-0.05, 0) is 25.2 Å². The zero-order valence-electron chi connectivity index (χ0n) is 11.2. The number of carboxylic acids is 1. The fraction of sp³-hybridized carbons (Fsp3) is 0.615. The molecule has 3 N–H and O–H groups in total. The molecule has 1 amide bonds. The Kier molecular flexibility index (Phi) is 4.94. The van der Waals surface area contributed by atoms with Crippen LogP contribution in [0.2, 0.25) is 0 Å². The molecule has 1 saturated heterocycles. The highest BCUT2D eigenvalue weighted by Gasteiger charge is 2.24. The van der Waals surface area contributed by atoms with Gasteiger partial charge in [0.1, 0.15) is 0 Å². The minimum absolute atomic E-state index is 0.0512. The van der Waals surface area contributed by atoms with Crippen LogP contribution in [0.1, 0.15) is 31.4 Å². The van der Waals surface area contributed by atoms with Crippen molar-refractivity contribution in [1.29, 1.82) is 0 Å². The molecule has 0 aliphatic carbocycles. The van der Waals surface area contributed by atoms with E-state index in [1.165, 1.54) is 11.3 Å². The Labute approximate surface area is 121 Å². The smallest absolute Gasteiger partial charge is 0.303 e. The van der Waals surface area contributed by atoms with Crippen LogP contribution in [0.4, 0.5) is 5.13 Å². The lowest BCUT2D eigenvalue weighted by molar-refractivity contribution is -0.137. The summed E-state index contributed by atoms with van der Waals surface area (Å²) in [6.07, 6.45) is 3.04. The van der Waals surface area contributed by atoms with Gasteiger partial charge in [0.15, 0.2) is 5.13 Å². The summed E-state index contributed by atoms with van der Waals surface area (Å²) in [4.78, 5) is 28.7. The normalized spacial score (nSPS) is 19.0. The lowest BCUT2D eigenvalue weighted by Crippen LogP contribution is -2.40. The van der Waals surface area contributed by atoms with E-state index in [0.29, 0.717) is 29.7 Å². The molecule has 7 heteroatoms. The Morgan fingerprint density at radius 2 is 2.35 bits per heavy atom. The molecule has 0 bridgehead atoms. The van der Waals surface area contributed by atoms with Gasteiger partial charge in [0.25, 0.3) is 0 Å². The number of likely N-dealkylation sites (tertiary alicyclic amines) is 1. The highest BCUT2D eigenvalue weighted by molar-refractivity contribution is 7.13. The van der Waals surface area contributed by atoms with Crippen molar-refractivity contribution in [2.24, 2.45) is 5.92 Å². The quantitative estimate of drug-likeness (QED) is 0.855. The predicted octanol–water partition coefficient (Wildman–Crippen LogP) is 1.37. The molecule has 1 aliphatic rings. The zero-order chi connectivity index (χ0) is 14.5. The molecular weight excluding hydrogens is 278 g/mol. The predicted molar refractivity (Wildman–Crippen MR) is 76.4 cm³/mol. The number of carbonyl (C=O) groups excluding carboxylic acids is 1. The third-order valence-electron chi connectivity index (χ3n) is 3.54. The summed E-state index contributed by atoms with van der Waals surface area (Å²) in [7, 11) is 0. The van der Waals surface area contributed by atoms with E-state index >= 15 is 0 Å². The fourth-order valence-corrected chi connectivity index (χ4v) is 3.09. The van der Waals surface area contributed by atoms with E-state index < -0.39 is 5.97 Å². The Bertz CT molecular complexity index is 489. The minimum Gasteiger partial charge on any atom is -0.481 e. The number of nitrogen functional groups attached to an aromatic ring is 1. The van der Waals surface area contributed by atoms with E-state index in [1.54, 1.807) is 5.38 Å². The number of nitrogens with zero attached hydrogens (tertiary/aromatic N) is 2. The van der Waals surface area contributed by atoms with E-state index in [9.17, 15) is 9.59 Å². The van der Waals surface area contributed by atoms with Gasteiger partial charge in [-0.1, -0.05) is 0 Å². The number of rotatable bonds is 5. The van der Waals surface area contributed by atoms with Crippen LogP contribution in [0.15, 0.2) is 5.38 Å². The van der Waals surface area contributed by atoms with Crippen LogP contribution in [-0.4, -0.2) is 40.0 Å². The summed E-state index contributed by atoms with van der Waals surface area (Å²) in [5, 5.41) is 11.0. The van der Waals surface area contributed by atoms with Crippen molar-refractivity contribution in [3.8, 4) is 0 Å². The minimum atomic E-state index is -0.772. The van der Waals surface area contributed by atoms with E-state index in [4.69, 9.17) is 10.8 Å². The summed E-state index contributed by atoms with van der Waals surface area (Å²) in [5.74, 6) is -0.425. The highest BCUT2D eigenvalue weighted by Crippen LogP contribution is 2.22. The summed E-state index contributed by atoms with van der Waals surface area (Å²) in [5.41, 5.74) is 6.26. The van der Waals surface area contributed by atoms with Crippen molar-refractivity contribution in [2.45, 2.75) is 32.1 Å². The Balaban J connectivity index is 1.84. The third kappa shape index (κ3) is 4.19. The first-order valence-corrected chi connectivity index (χ1v) is 7.62. The van der Waals surface area contributed by atoms with E-state index in [-0.39, 0.29) is 18.7 Å². The maximum Gasteiger partial charge on any atom is 0.303 e. The van der Waals surface area contributed by atoms with Crippen molar-refractivity contribution in [1.82, 2.24) is 9.88 Å². The highest BCUT2D eigenvalue weighted by atomic mass is 32.1. The van der Waals surface area contributed by atoms with E-state index in [0.717, 1.165) is 19.4 Å². The molecule has 2 rings (SSSR count). The number of anilines is 1. The van der Waals surface area contributed by atoms with Gasteiger partial charge in [0.05, 0.1) is 12.1 Å². The number of aromatic nitrogens is 1. The molecule has 6 nitrogen and oxygen atoms in total. The van der Waals surface area contributed by atoms with Gasteiger partial charge in [0.2, 0.25) is 5.91 Å². The van der Waals surface area contributed by atoms with Gasteiger partial charge in [-0.2, -0.15) is 0 Å².